The van der Waals surface area contributed by atoms with Crippen molar-refractivity contribution in [2.45, 2.75) is 0 Å². The normalized spacial score (nSPS) is 12.5. The Balaban J connectivity index is 1.99. The van der Waals surface area contributed by atoms with Gasteiger partial charge in [0.1, 0.15) is 5.75 Å². The molecule has 0 radical (unpaired) electrons. The van der Waals surface area contributed by atoms with Crippen LogP contribution in [0.25, 0.3) is 0 Å². The third-order valence-corrected chi connectivity index (χ3v) is 3.31. The topological polar surface area (TPSA) is 110 Å². The number of benzene rings is 2. The smallest absolute Gasteiger partial charge is 0.344 e. The third kappa shape index (κ3) is 2.44. The number of aromatic carboxylic acids is 1. The van der Waals surface area contributed by atoms with Gasteiger partial charge < -0.3 is 9.84 Å². The van der Waals surface area contributed by atoms with E-state index in [0.29, 0.717) is 0 Å². The van der Waals surface area contributed by atoms with E-state index in [0.717, 1.165) is 0 Å². The number of carbonyl (C=O) groups is 4. The van der Waals surface area contributed by atoms with Crippen LogP contribution >= 0.6 is 0 Å². The van der Waals surface area contributed by atoms with E-state index in [1.807, 2.05) is 0 Å². The molecule has 1 heterocycles. The number of carbonyl (C=O) groups excluding carboxylic acids is 3. The van der Waals surface area contributed by atoms with E-state index in [2.05, 4.69) is 5.32 Å². The maximum atomic E-state index is 12.2. The Labute approximate surface area is 129 Å². The fourth-order valence-corrected chi connectivity index (χ4v) is 2.28. The number of rotatable bonds is 3. The lowest BCUT2D eigenvalue weighted by Gasteiger charge is -2.08. The minimum Gasteiger partial charge on any atom is -0.478 e. The molecule has 0 unspecified atom stereocenters. The summed E-state index contributed by atoms with van der Waals surface area (Å²) in [4.78, 5) is 46.7. The summed E-state index contributed by atoms with van der Waals surface area (Å²) < 4.78 is 5.14. The molecule has 0 fully saturated rings. The zero-order chi connectivity index (χ0) is 16.6. The SMILES string of the molecule is O=C(O)c1ccccc1C(=O)Oc1cccc2c1C(=O)NC2=O. The molecule has 2 amide bonds. The highest BCUT2D eigenvalue weighted by atomic mass is 16.5. The van der Waals surface area contributed by atoms with Crippen LogP contribution < -0.4 is 10.1 Å². The van der Waals surface area contributed by atoms with Crippen molar-refractivity contribution in [2.75, 3.05) is 0 Å². The fourth-order valence-electron chi connectivity index (χ4n) is 2.28. The lowest BCUT2D eigenvalue weighted by molar-refractivity contribution is 0.0666. The summed E-state index contributed by atoms with van der Waals surface area (Å²) >= 11 is 0. The minimum atomic E-state index is -1.27. The first kappa shape index (κ1) is 14.5. The van der Waals surface area contributed by atoms with Gasteiger partial charge in [-0.2, -0.15) is 0 Å². The van der Waals surface area contributed by atoms with Crippen LogP contribution in [0.5, 0.6) is 5.75 Å². The van der Waals surface area contributed by atoms with Gasteiger partial charge in [0.15, 0.2) is 0 Å². The predicted molar refractivity (Wildman–Crippen MR) is 76.6 cm³/mol. The van der Waals surface area contributed by atoms with Crippen molar-refractivity contribution in [3.63, 3.8) is 0 Å². The van der Waals surface area contributed by atoms with Crippen molar-refractivity contribution >= 4 is 23.8 Å². The summed E-state index contributed by atoms with van der Waals surface area (Å²) in [5.74, 6) is -3.54. The number of ether oxygens (including phenoxy) is 1. The number of imide groups is 1. The predicted octanol–water partition coefficient (Wildman–Crippen LogP) is 1.49. The van der Waals surface area contributed by atoms with Gasteiger partial charge in [0.05, 0.1) is 22.3 Å². The van der Waals surface area contributed by atoms with E-state index in [-0.39, 0.29) is 28.0 Å². The second-order valence-electron chi connectivity index (χ2n) is 4.70. The molecule has 1 aliphatic heterocycles. The van der Waals surface area contributed by atoms with Crippen molar-refractivity contribution in [2.24, 2.45) is 0 Å². The first-order valence-corrected chi connectivity index (χ1v) is 6.52. The monoisotopic (exact) mass is 311 g/mol. The van der Waals surface area contributed by atoms with Crippen molar-refractivity contribution in [1.82, 2.24) is 5.32 Å². The lowest BCUT2D eigenvalue weighted by atomic mass is 10.1. The molecule has 2 aromatic rings. The summed E-state index contributed by atoms with van der Waals surface area (Å²) in [5.41, 5.74) is -0.307. The summed E-state index contributed by atoms with van der Waals surface area (Å²) in [6.45, 7) is 0. The van der Waals surface area contributed by atoms with Crippen LogP contribution in [0, 0.1) is 0 Å². The highest BCUT2D eigenvalue weighted by Gasteiger charge is 2.31. The zero-order valence-electron chi connectivity index (χ0n) is 11.5. The Bertz CT molecular complexity index is 871. The molecule has 0 atom stereocenters. The number of hydrogen-bond donors (Lipinski definition) is 2. The molecule has 0 saturated heterocycles. The molecule has 0 aromatic heterocycles. The second-order valence-corrected chi connectivity index (χ2v) is 4.70. The Morgan fingerprint density at radius 1 is 0.913 bits per heavy atom. The highest BCUT2D eigenvalue weighted by Crippen LogP contribution is 2.27. The molecule has 2 aromatic carbocycles. The van der Waals surface area contributed by atoms with Crippen molar-refractivity contribution < 1.29 is 29.0 Å². The zero-order valence-corrected chi connectivity index (χ0v) is 11.5. The fraction of sp³-hybridized carbons (Fsp3) is 0. The molecule has 0 saturated carbocycles. The summed E-state index contributed by atoms with van der Waals surface area (Å²) in [7, 11) is 0. The first-order chi connectivity index (χ1) is 11.0. The van der Waals surface area contributed by atoms with Crippen LogP contribution in [0.1, 0.15) is 41.4 Å². The number of fused-ring (bicyclic) bond motifs is 1. The third-order valence-electron chi connectivity index (χ3n) is 3.31. The van der Waals surface area contributed by atoms with Crippen LogP contribution in [0.2, 0.25) is 0 Å². The van der Waals surface area contributed by atoms with Crippen molar-refractivity contribution in [1.29, 1.82) is 0 Å². The van der Waals surface area contributed by atoms with Gasteiger partial charge in [0.25, 0.3) is 11.8 Å². The standard InChI is InChI=1S/C16H9NO6/c18-13-10-6-3-7-11(12(10)14(19)17-13)23-16(22)9-5-2-1-4-8(9)15(20)21/h1-7H,(H,20,21)(H,17,18,19). The van der Waals surface area contributed by atoms with Crippen molar-refractivity contribution in [3.8, 4) is 5.75 Å². The molecule has 7 nitrogen and oxygen atoms in total. The summed E-state index contributed by atoms with van der Waals surface area (Å²) in [6.07, 6.45) is 0. The van der Waals surface area contributed by atoms with Gasteiger partial charge in [-0.1, -0.05) is 18.2 Å². The van der Waals surface area contributed by atoms with Crippen LogP contribution in [0.15, 0.2) is 42.5 Å². The molecule has 114 valence electrons. The largest absolute Gasteiger partial charge is 0.478 e. The van der Waals surface area contributed by atoms with Gasteiger partial charge in [-0.3, -0.25) is 14.9 Å². The van der Waals surface area contributed by atoms with E-state index in [9.17, 15) is 19.2 Å². The Hall–Kier alpha value is -3.48. The average Bonchev–Trinajstić information content (AvgIpc) is 2.83. The second kappa shape index (κ2) is 5.38. The average molecular weight is 311 g/mol. The molecule has 1 aliphatic rings. The maximum Gasteiger partial charge on any atom is 0.344 e. The molecule has 0 bridgehead atoms. The molecule has 7 heteroatoms. The number of carboxylic acid groups (broad SMARTS) is 1. The Morgan fingerprint density at radius 3 is 2.30 bits per heavy atom. The number of carboxylic acids is 1. The van der Waals surface area contributed by atoms with Gasteiger partial charge in [0, 0.05) is 0 Å². The lowest BCUT2D eigenvalue weighted by Crippen LogP contribution is -2.20. The summed E-state index contributed by atoms with van der Waals surface area (Å²) in [6, 6.07) is 9.80. The number of esters is 1. The van der Waals surface area contributed by atoms with Gasteiger partial charge in [-0.15, -0.1) is 0 Å². The van der Waals surface area contributed by atoms with E-state index in [1.165, 1.54) is 42.5 Å². The number of hydrogen-bond acceptors (Lipinski definition) is 5. The maximum absolute atomic E-state index is 12.2. The molecule has 3 rings (SSSR count). The van der Waals surface area contributed by atoms with E-state index in [1.54, 1.807) is 0 Å². The molecule has 23 heavy (non-hydrogen) atoms. The minimum absolute atomic E-state index is 0.0429. The van der Waals surface area contributed by atoms with Gasteiger partial charge in [0.2, 0.25) is 0 Å². The van der Waals surface area contributed by atoms with Crippen LogP contribution in [-0.2, 0) is 0 Å². The molecule has 2 N–H and O–H groups in total. The van der Waals surface area contributed by atoms with E-state index >= 15 is 0 Å². The first-order valence-electron chi connectivity index (χ1n) is 6.52. The molecule has 0 aliphatic carbocycles. The highest BCUT2D eigenvalue weighted by molar-refractivity contribution is 6.23. The molecule has 0 spiro atoms. The molecular formula is C16H9NO6. The number of amides is 2. The van der Waals surface area contributed by atoms with Crippen molar-refractivity contribution in [3.05, 3.63) is 64.7 Å². The van der Waals surface area contributed by atoms with Gasteiger partial charge >= 0.3 is 11.9 Å². The van der Waals surface area contributed by atoms with Crippen LogP contribution in [0.4, 0.5) is 0 Å². The Morgan fingerprint density at radius 2 is 1.61 bits per heavy atom. The van der Waals surface area contributed by atoms with Gasteiger partial charge in [-0.25, -0.2) is 9.59 Å². The van der Waals surface area contributed by atoms with Crippen LogP contribution in [-0.4, -0.2) is 28.9 Å². The van der Waals surface area contributed by atoms with Crippen LogP contribution in [0.3, 0.4) is 0 Å². The number of nitrogens with one attached hydrogen (secondary N) is 1. The van der Waals surface area contributed by atoms with E-state index < -0.39 is 23.8 Å². The molecular weight excluding hydrogens is 302 g/mol. The van der Waals surface area contributed by atoms with E-state index in [4.69, 9.17) is 9.84 Å². The summed E-state index contributed by atoms with van der Waals surface area (Å²) in [5, 5.41) is 11.2. The quantitative estimate of drug-likeness (QED) is 0.505. The Kier molecular flexibility index (Phi) is 3.38. The van der Waals surface area contributed by atoms with Gasteiger partial charge in [-0.05, 0) is 24.3 Å².